The maximum atomic E-state index is 13.4. The molecule has 0 spiro atoms. The molecule has 2 aromatic carbocycles. The van der Waals surface area contributed by atoms with Crippen LogP contribution in [0.15, 0.2) is 48.0 Å². The van der Waals surface area contributed by atoms with E-state index in [9.17, 15) is 19.2 Å². The Kier molecular flexibility index (Phi) is 6.37. The molecule has 0 saturated carbocycles. The number of anilines is 1. The van der Waals surface area contributed by atoms with E-state index < -0.39 is 23.8 Å². The minimum Gasteiger partial charge on any atom is -0.465 e. The van der Waals surface area contributed by atoms with Gasteiger partial charge < -0.3 is 9.30 Å². The molecule has 1 aromatic heterocycles. The van der Waals surface area contributed by atoms with E-state index in [1.807, 2.05) is 57.4 Å². The summed E-state index contributed by atoms with van der Waals surface area (Å²) in [6, 6.07) is 11.7. The molecule has 8 heteroatoms. The van der Waals surface area contributed by atoms with Crippen molar-refractivity contribution in [3.63, 3.8) is 0 Å². The van der Waals surface area contributed by atoms with E-state index in [0.717, 1.165) is 38.7 Å². The van der Waals surface area contributed by atoms with E-state index >= 15 is 0 Å². The van der Waals surface area contributed by atoms with Crippen molar-refractivity contribution in [3.05, 3.63) is 87.2 Å². The third-order valence-electron chi connectivity index (χ3n) is 6.21. The van der Waals surface area contributed by atoms with Crippen molar-refractivity contribution in [2.75, 3.05) is 12.0 Å². The van der Waals surface area contributed by atoms with Crippen LogP contribution >= 0.6 is 0 Å². The molecular weight excluding hydrogens is 458 g/mol. The van der Waals surface area contributed by atoms with Gasteiger partial charge in [-0.25, -0.2) is 14.5 Å². The van der Waals surface area contributed by atoms with Crippen LogP contribution in [0.3, 0.4) is 0 Å². The summed E-state index contributed by atoms with van der Waals surface area (Å²) >= 11 is 0. The predicted molar refractivity (Wildman–Crippen MR) is 136 cm³/mol. The van der Waals surface area contributed by atoms with Gasteiger partial charge in [0, 0.05) is 17.1 Å². The largest absolute Gasteiger partial charge is 0.465 e. The van der Waals surface area contributed by atoms with Gasteiger partial charge in [0.15, 0.2) is 0 Å². The van der Waals surface area contributed by atoms with Gasteiger partial charge in [0.2, 0.25) is 0 Å². The number of carbonyl (C=O) groups excluding carboxylic acids is 4. The Bertz CT molecular complexity index is 1460. The molecule has 1 N–H and O–H groups in total. The van der Waals surface area contributed by atoms with Crippen LogP contribution in [0.4, 0.5) is 10.5 Å². The average molecular weight is 486 g/mol. The molecule has 1 aliphatic rings. The molecule has 4 rings (SSSR count). The van der Waals surface area contributed by atoms with E-state index in [1.165, 1.54) is 13.2 Å². The molecule has 4 amide bonds. The van der Waals surface area contributed by atoms with Crippen LogP contribution in [-0.4, -0.2) is 35.5 Å². The Morgan fingerprint density at radius 1 is 0.917 bits per heavy atom. The molecule has 0 aliphatic carbocycles. The number of aromatic nitrogens is 1. The second-order valence-electron chi connectivity index (χ2n) is 8.96. The minimum atomic E-state index is -0.784. The van der Waals surface area contributed by atoms with Crippen LogP contribution in [0.1, 0.15) is 44.0 Å². The number of nitrogens with zero attached hydrogens (tertiary/aromatic N) is 2. The summed E-state index contributed by atoms with van der Waals surface area (Å²) in [6.07, 6.45) is 1.50. The average Bonchev–Trinajstić information content (AvgIpc) is 3.08. The van der Waals surface area contributed by atoms with Crippen molar-refractivity contribution < 1.29 is 23.9 Å². The number of benzene rings is 2. The quantitative estimate of drug-likeness (QED) is 0.334. The number of esters is 1. The van der Waals surface area contributed by atoms with Crippen molar-refractivity contribution in [3.8, 4) is 5.69 Å². The number of barbiturate groups is 1. The highest BCUT2D eigenvalue weighted by molar-refractivity contribution is 6.39. The fourth-order valence-electron chi connectivity index (χ4n) is 4.53. The third-order valence-corrected chi connectivity index (χ3v) is 6.21. The van der Waals surface area contributed by atoms with Crippen molar-refractivity contribution in [1.29, 1.82) is 0 Å². The number of carbonyl (C=O) groups is 4. The molecule has 1 saturated heterocycles. The summed E-state index contributed by atoms with van der Waals surface area (Å²) < 4.78 is 6.81. The van der Waals surface area contributed by atoms with Crippen molar-refractivity contribution in [1.82, 2.24) is 9.88 Å². The zero-order valence-corrected chi connectivity index (χ0v) is 21.1. The molecule has 1 aliphatic heterocycles. The number of nitrogens with one attached hydrogen (secondary N) is 1. The SMILES string of the molecule is COC(=O)c1ccc(C)c(-n2c(C)cc(/C=C3\C(=O)NC(=O)N(c4cc(C)cc(C)c4)C3=O)c2C)c1. The number of hydrogen-bond acceptors (Lipinski definition) is 5. The summed E-state index contributed by atoms with van der Waals surface area (Å²) in [5, 5.41) is 2.28. The van der Waals surface area contributed by atoms with Crippen molar-refractivity contribution in [2.45, 2.75) is 34.6 Å². The topological polar surface area (TPSA) is 97.7 Å². The van der Waals surface area contributed by atoms with Gasteiger partial charge in [0.25, 0.3) is 11.8 Å². The van der Waals surface area contributed by atoms with Crippen molar-refractivity contribution in [2.24, 2.45) is 0 Å². The lowest BCUT2D eigenvalue weighted by atomic mass is 10.1. The van der Waals surface area contributed by atoms with Crippen LogP contribution in [0.2, 0.25) is 0 Å². The van der Waals surface area contributed by atoms with Gasteiger partial charge in [-0.3, -0.25) is 14.9 Å². The van der Waals surface area contributed by atoms with Crippen LogP contribution < -0.4 is 10.2 Å². The van der Waals surface area contributed by atoms with Gasteiger partial charge >= 0.3 is 12.0 Å². The zero-order chi connectivity index (χ0) is 26.3. The Morgan fingerprint density at radius 3 is 2.22 bits per heavy atom. The first-order chi connectivity index (χ1) is 17.0. The van der Waals surface area contributed by atoms with E-state index in [4.69, 9.17) is 4.74 Å². The van der Waals surface area contributed by atoms with Gasteiger partial charge in [-0.05, 0) is 93.3 Å². The highest BCUT2D eigenvalue weighted by atomic mass is 16.5. The molecular formula is C28H27N3O5. The van der Waals surface area contributed by atoms with Crippen LogP contribution in [0.25, 0.3) is 11.8 Å². The van der Waals surface area contributed by atoms with Crippen LogP contribution in [0.5, 0.6) is 0 Å². The number of methoxy groups -OCH3 is 1. The highest BCUT2D eigenvalue weighted by Gasteiger charge is 2.37. The van der Waals surface area contributed by atoms with Crippen LogP contribution in [0, 0.1) is 34.6 Å². The lowest BCUT2D eigenvalue weighted by Crippen LogP contribution is -2.54. The number of hydrogen-bond donors (Lipinski definition) is 1. The molecule has 2 heterocycles. The third kappa shape index (κ3) is 4.33. The first-order valence-corrected chi connectivity index (χ1v) is 11.4. The Hall–Kier alpha value is -4.46. The normalized spacial score (nSPS) is 14.9. The number of imide groups is 2. The second kappa shape index (κ2) is 9.30. The first-order valence-electron chi connectivity index (χ1n) is 11.4. The van der Waals surface area contributed by atoms with Gasteiger partial charge in [-0.15, -0.1) is 0 Å². The number of amides is 4. The van der Waals surface area contributed by atoms with Gasteiger partial charge in [0.1, 0.15) is 5.57 Å². The standard InChI is InChI=1S/C28H27N3O5/c1-15-9-16(2)11-22(10-15)31-26(33)23(25(32)29-28(31)35)13-21-12-18(4)30(19(21)5)24-14-20(27(34)36-6)8-7-17(24)3/h7-14H,1-6H3,(H,29,32,35)/b23-13+. The van der Waals surface area contributed by atoms with Gasteiger partial charge in [0.05, 0.1) is 18.4 Å². The lowest BCUT2D eigenvalue weighted by Gasteiger charge is -2.27. The molecule has 36 heavy (non-hydrogen) atoms. The van der Waals surface area contributed by atoms with Gasteiger partial charge in [-0.2, -0.15) is 0 Å². The molecule has 3 aromatic rings. The van der Waals surface area contributed by atoms with E-state index in [2.05, 4.69) is 5.32 Å². The summed E-state index contributed by atoms with van der Waals surface area (Å²) in [6.45, 7) is 9.43. The zero-order valence-electron chi connectivity index (χ0n) is 21.1. The van der Waals surface area contributed by atoms with Crippen molar-refractivity contribution >= 4 is 35.6 Å². The van der Waals surface area contributed by atoms with Crippen LogP contribution in [-0.2, 0) is 14.3 Å². The first kappa shape index (κ1) is 24.7. The maximum Gasteiger partial charge on any atom is 0.337 e. The van der Waals surface area contributed by atoms with E-state index in [1.54, 1.807) is 24.3 Å². The smallest absolute Gasteiger partial charge is 0.337 e. The molecule has 8 nitrogen and oxygen atoms in total. The maximum absolute atomic E-state index is 13.4. The summed E-state index contributed by atoms with van der Waals surface area (Å²) in [4.78, 5) is 51.7. The Morgan fingerprint density at radius 2 is 1.58 bits per heavy atom. The fraction of sp³-hybridized carbons (Fsp3) is 0.214. The fourth-order valence-corrected chi connectivity index (χ4v) is 4.53. The predicted octanol–water partition coefficient (Wildman–Crippen LogP) is 4.47. The lowest BCUT2D eigenvalue weighted by molar-refractivity contribution is -0.122. The minimum absolute atomic E-state index is 0.144. The number of urea groups is 1. The molecule has 1 fully saturated rings. The highest BCUT2D eigenvalue weighted by Crippen LogP contribution is 2.28. The molecule has 0 unspecified atom stereocenters. The molecule has 0 radical (unpaired) electrons. The second-order valence-corrected chi connectivity index (χ2v) is 8.96. The van der Waals surface area contributed by atoms with E-state index in [0.29, 0.717) is 16.8 Å². The molecule has 0 bridgehead atoms. The number of rotatable bonds is 4. The van der Waals surface area contributed by atoms with E-state index in [-0.39, 0.29) is 5.57 Å². The Balaban J connectivity index is 1.79. The monoisotopic (exact) mass is 485 g/mol. The Labute approximate surface area is 209 Å². The number of ether oxygens (including phenoxy) is 1. The molecule has 184 valence electrons. The summed E-state index contributed by atoms with van der Waals surface area (Å²) in [7, 11) is 1.33. The summed E-state index contributed by atoms with van der Waals surface area (Å²) in [5.41, 5.74) is 6.41. The number of aryl methyl sites for hydroxylation is 4. The van der Waals surface area contributed by atoms with Gasteiger partial charge in [-0.1, -0.05) is 12.1 Å². The summed E-state index contributed by atoms with van der Waals surface area (Å²) in [5.74, 6) is -1.89. The molecule has 0 atom stereocenters.